The number of rotatable bonds is 4. The first kappa shape index (κ1) is 12.4. The maximum atomic E-state index is 12.9. The summed E-state index contributed by atoms with van der Waals surface area (Å²) in [7, 11) is 0. The predicted octanol–water partition coefficient (Wildman–Crippen LogP) is 2.41. The van der Waals surface area contributed by atoms with E-state index < -0.39 is 11.8 Å². The van der Waals surface area contributed by atoms with Crippen LogP contribution >= 0.6 is 11.6 Å². The number of carboxylic acids is 1. The summed E-state index contributed by atoms with van der Waals surface area (Å²) in [6, 6.07) is 5.58. The summed E-state index contributed by atoms with van der Waals surface area (Å²) >= 11 is 5.67. The van der Waals surface area contributed by atoms with E-state index in [9.17, 15) is 9.18 Å². The molecule has 0 aliphatic carbocycles. The van der Waals surface area contributed by atoms with Gasteiger partial charge >= 0.3 is 5.97 Å². The van der Waals surface area contributed by atoms with Gasteiger partial charge in [-0.15, -0.1) is 0 Å². The lowest BCUT2D eigenvalue weighted by Crippen LogP contribution is -2.07. The Labute approximate surface area is 106 Å². The van der Waals surface area contributed by atoms with Crippen molar-refractivity contribution in [3.05, 3.63) is 47.0 Å². The molecule has 1 heterocycles. The van der Waals surface area contributed by atoms with Gasteiger partial charge in [0.2, 0.25) is 0 Å². The summed E-state index contributed by atoms with van der Waals surface area (Å²) in [6.07, 6.45) is 1.32. The van der Waals surface area contributed by atoms with Gasteiger partial charge in [-0.25, -0.2) is 13.9 Å². The smallest absolute Gasteiger partial charge is 0.357 e. The number of aromatic carboxylic acids is 1. The molecule has 2 aromatic rings. The lowest BCUT2D eigenvalue weighted by atomic mass is 10.3. The number of carbonyl (C=O) groups is 1. The molecule has 0 spiro atoms. The Hall–Kier alpha value is -2.08. The minimum atomic E-state index is -1.22. The third-order valence-corrected chi connectivity index (χ3v) is 2.36. The number of benzene rings is 1. The molecule has 1 aromatic heterocycles. The molecule has 5 nitrogen and oxygen atoms in total. The van der Waals surface area contributed by atoms with E-state index in [0.29, 0.717) is 5.75 Å². The number of ether oxygens (including phenoxy) is 1. The maximum Gasteiger partial charge on any atom is 0.357 e. The number of hydrogen-bond acceptors (Lipinski definition) is 3. The summed E-state index contributed by atoms with van der Waals surface area (Å²) in [5, 5.41) is 12.5. The zero-order chi connectivity index (χ0) is 13.1. The molecule has 0 unspecified atom stereocenters. The van der Waals surface area contributed by atoms with Crippen molar-refractivity contribution in [3.63, 3.8) is 0 Å². The highest BCUT2D eigenvalue weighted by Gasteiger charge is 2.13. The summed E-state index contributed by atoms with van der Waals surface area (Å²) in [5.41, 5.74) is -0.250. The Balaban J connectivity index is 2.06. The second kappa shape index (κ2) is 5.05. The molecule has 1 N–H and O–H groups in total. The van der Waals surface area contributed by atoms with Gasteiger partial charge in [0.15, 0.2) is 12.4 Å². The van der Waals surface area contributed by atoms with E-state index in [1.807, 2.05) is 0 Å². The molecule has 0 atom stereocenters. The summed E-state index contributed by atoms with van der Waals surface area (Å²) < 4.78 is 19.3. The fraction of sp³-hybridized carbons (Fsp3) is 0.0909. The second-order valence-corrected chi connectivity index (χ2v) is 3.81. The van der Waals surface area contributed by atoms with Crippen molar-refractivity contribution >= 4 is 17.6 Å². The van der Waals surface area contributed by atoms with Crippen LogP contribution in [0.15, 0.2) is 30.5 Å². The normalized spacial score (nSPS) is 10.3. The second-order valence-electron chi connectivity index (χ2n) is 3.40. The van der Waals surface area contributed by atoms with Crippen LogP contribution in [0.25, 0.3) is 0 Å². The molecule has 2 rings (SSSR count). The third-order valence-electron chi connectivity index (χ3n) is 2.08. The van der Waals surface area contributed by atoms with Crippen LogP contribution in [0.5, 0.6) is 5.75 Å². The Morgan fingerprint density at radius 3 is 2.94 bits per heavy atom. The third kappa shape index (κ3) is 2.78. The molecule has 1 aromatic carbocycles. The SMILES string of the molecule is O=C(O)c1nn(COc2cccc(F)c2)cc1Cl. The Bertz CT molecular complexity index is 585. The van der Waals surface area contributed by atoms with Crippen molar-refractivity contribution in [1.82, 2.24) is 9.78 Å². The zero-order valence-electron chi connectivity index (χ0n) is 9.01. The molecule has 0 fully saturated rings. The summed E-state index contributed by atoms with van der Waals surface area (Å²) in [5.74, 6) is -1.32. The van der Waals surface area contributed by atoms with Crippen LogP contribution in [0.3, 0.4) is 0 Å². The van der Waals surface area contributed by atoms with Gasteiger partial charge in [0.1, 0.15) is 11.6 Å². The lowest BCUT2D eigenvalue weighted by molar-refractivity contribution is 0.0688. The van der Waals surface area contributed by atoms with Crippen molar-refractivity contribution in [1.29, 1.82) is 0 Å². The molecule has 18 heavy (non-hydrogen) atoms. The van der Waals surface area contributed by atoms with Crippen LogP contribution in [-0.2, 0) is 6.73 Å². The van der Waals surface area contributed by atoms with Crippen molar-refractivity contribution in [2.45, 2.75) is 6.73 Å². The molecular formula is C11H8ClFN2O3. The van der Waals surface area contributed by atoms with Crippen LogP contribution in [-0.4, -0.2) is 20.9 Å². The topological polar surface area (TPSA) is 64.3 Å². The molecule has 0 saturated heterocycles. The van der Waals surface area contributed by atoms with Crippen molar-refractivity contribution < 1.29 is 19.0 Å². The largest absolute Gasteiger partial charge is 0.476 e. The Morgan fingerprint density at radius 1 is 1.56 bits per heavy atom. The first-order chi connectivity index (χ1) is 8.56. The van der Waals surface area contributed by atoms with Crippen LogP contribution in [0.2, 0.25) is 5.02 Å². The maximum absolute atomic E-state index is 12.9. The lowest BCUT2D eigenvalue weighted by Gasteiger charge is -2.05. The molecule has 0 bridgehead atoms. The summed E-state index contributed by atoms with van der Waals surface area (Å²) in [6.45, 7) is -0.0591. The molecule has 0 amide bonds. The zero-order valence-corrected chi connectivity index (χ0v) is 9.76. The Morgan fingerprint density at radius 2 is 2.33 bits per heavy atom. The van der Waals surface area contributed by atoms with Gasteiger partial charge in [0.25, 0.3) is 0 Å². The van der Waals surface area contributed by atoms with E-state index in [0.717, 1.165) is 0 Å². The van der Waals surface area contributed by atoms with E-state index >= 15 is 0 Å². The fourth-order valence-electron chi connectivity index (χ4n) is 1.31. The van der Waals surface area contributed by atoms with Gasteiger partial charge in [-0.1, -0.05) is 17.7 Å². The van der Waals surface area contributed by atoms with Gasteiger partial charge in [-0.2, -0.15) is 5.10 Å². The van der Waals surface area contributed by atoms with Gasteiger partial charge in [0.05, 0.1) is 5.02 Å². The standard InChI is InChI=1S/C11H8ClFN2O3/c12-9-5-15(14-10(9)11(16)17)6-18-8-3-1-2-7(13)4-8/h1-5H,6H2,(H,16,17). The van der Waals surface area contributed by atoms with Gasteiger partial charge in [-0.05, 0) is 12.1 Å². The highest BCUT2D eigenvalue weighted by Crippen LogP contribution is 2.15. The average molecular weight is 271 g/mol. The fourth-order valence-corrected chi connectivity index (χ4v) is 1.54. The molecule has 0 saturated carbocycles. The van der Waals surface area contributed by atoms with Crippen molar-refractivity contribution in [2.75, 3.05) is 0 Å². The van der Waals surface area contributed by atoms with E-state index in [1.165, 1.54) is 29.1 Å². The van der Waals surface area contributed by atoms with Gasteiger partial charge < -0.3 is 9.84 Å². The van der Waals surface area contributed by atoms with Crippen LogP contribution in [0.1, 0.15) is 10.5 Å². The highest BCUT2D eigenvalue weighted by atomic mass is 35.5. The van der Waals surface area contributed by atoms with Crippen LogP contribution in [0, 0.1) is 5.82 Å². The Kier molecular flexibility index (Phi) is 3.47. The first-order valence-electron chi connectivity index (χ1n) is 4.91. The predicted molar refractivity (Wildman–Crippen MR) is 61.2 cm³/mol. The number of nitrogens with zero attached hydrogens (tertiary/aromatic N) is 2. The average Bonchev–Trinajstić information content (AvgIpc) is 2.68. The number of carboxylic acid groups (broad SMARTS) is 1. The molecular weight excluding hydrogens is 263 g/mol. The quantitative estimate of drug-likeness (QED) is 0.927. The summed E-state index contributed by atoms with van der Waals surface area (Å²) in [4.78, 5) is 10.7. The van der Waals surface area contributed by atoms with Gasteiger partial charge in [0, 0.05) is 12.3 Å². The van der Waals surface area contributed by atoms with E-state index in [-0.39, 0.29) is 17.4 Å². The van der Waals surface area contributed by atoms with E-state index in [4.69, 9.17) is 21.4 Å². The minimum absolute atomic E-state index is 0.0188. The van der Waals surface area contributed by atoms with E-state index in [1.54, 1.807) is 6.07 Å². The molecule has 0 radical (unpaired) electrons. The molecule has 0 aliphatic rings. The number of aromatic nitrogens is 2. The number of halogens is 2. The van der Waals surface area contributed by atoms with Crippen molar-refractivity contribution in [2.24, 2.45) is 0 Å². The highest BCUT2D eigenvalue weighted by molar-refractivity contribution is 6.33. The van der Waals surface area contributed by atoms with Gasteiger partial charge in [-0.3, -0.25) is 0 Å². The molecule has 94 valence electrons. The van der Waals surface area contributed by atoms with Crippen LogP contribution < -0.4 is 4.74 Å². The first-order valence-corrected chi connectivity index (χ1v) is 5.28. The molecule has 7 heteroatoms. The minimum Gasteiger partial charge on any atom is -0.476 e. The van der Waals surface area contributed by atoms with Crippen LogP contribution in [0.4, 0.5) is 4.39 Å². The van der Waals surface area contributed by atoms with E-state index in [2.05, 4.69) is 5.10 Å². The number of hydrogen-bond donors (Lipinski definition) is 1. The monoisotopic (exact) mass is 270 g/mol. The molecule has 0 aliphatic heterocycles. The van der Waals surface area contributed by atoms with Crippen molar-refractivity contribution in [3.8, 4) is 5.75 Å².